The van der Waals surface area contributed by atoms with Crippen LogP contribution in [0.25, 0.3) is 11.1 Å². The van der Waals surface area contributed by atoms with E-state index in [0.29, 0.717) is 16.3 Å². The normalized spacial score (nSPS) is 13.3. The molecule has 0 atom stereocenters. The van der Waals surface area contributed by atoms with E-state index in [9.17, 15) is 9.18 Å². The first-order valence-corrected chi connectivity index (χ1v) is 10.8. The van der Waals surface area contributed by atoms with Gasteiger partial charge in [0.05, 0.1) is 12.8 Å². The van der Waals surface area contributed by atoms with E-state index < -0.39 is 5.97 Å². The maximum absolute atomic E-state index is 14.0. The van der Waals surface area contributed by atoms with Gasteiger partial charge < -0.3 is 9.47 Å². The van der Waals surface area contributed by atoms with Crippen molar-refractivity contribution >= 4 is 28.7 Å². The fourth-order valence-electron chi connectivity index (χ4n) is 3.83. The van der Waals surface area contributed by atoms with Gasteiger partial charge in [0.15, 0.2) is 5.69 Å². The molecule has 3 aromatic rings. The van der Waals surface area contributed by atoms with Gasteiger partial charge in [0.2, 0.25) is 0 Å². The second-order valence-electron chi connectivity index (χ2n) is 7.38. The van der Waals surface area contributed by atoms with Gasteiger partial charge >= 0.3 is 5.97 Å². The Kier molecular flexibility index (Phi) is 6.81. The Hall–Kier alpha value is -3.25. The smallest absolute Gasteiger partial charge is 0.358 e. The largest absolute Gasteiger partial charge is 0.488 e. The molecule has 0 unspecified atom stereocenters. The SMILES string of the molecule is CCOC(=O)c1cc(C2=C(c3cc(Cl)ccc3OCc3ccccc3F)CCC2)cnn1. The zero-order chi connectivity index (χ0) is 22.5. The number of ether oxygens (including phenoxy) is 2. The minimum atomic E-state index is -0.501. The van der Waals surface area contributed by atoms with Crippen molar-refractivity contribution in [3.8, 4) is 5.75 Å². The van der Waals surface area contributed by atoms with Gasteiger partial charge in [0.25, 0.3) is 0 Å². The Morgan fingerprint density at radius 2 is 1.94 bits per heavy atom. The third-order valence-corrected chi connectivity index (χ3v) is 5.55. The molecule has 1 aliphatic carbocycles. The van der Waals surface area contributed by atoms with E-state index in [1.165, 1.54) is 6.07 Å². The van der Waals surface area contributed by atoms with Crippen molar-refractivity contribution < 1.29 is 18.7 Å². The lowest BCUT2D eigenvalue weighted by atomic mass is 9.97. The van der Waals surface area contributed by atoms with Crippen LogP contribution in [-0.2, 0) is 11.3 Å². The molecule has 0 aliphatic heterocycles. The van der Waals surface area contributed by atoms with Crippen LogP contribution in [0.2, 0.25) is 5.02 Å². The fraction of sp³-hybridized carbons (Fsp3) is 0.240. The van der Waals surface area contributed by atoms with Crippen LogP contribution < -0.4 is 4.74 Å². The topological polar surface area (TPSA) is 61.3 Å². The number of esters is 1. The van der Waals surface area contributed by atoms with Crippen LogP contribution in [0.1, 0.15) is 53.4 Å². The van der Waals surface area contributed by atoms with E-state index in [1.54, 1.807) is 49.5 Å². The standard InChI is InChI=1S/C25H22ClFN2O3/c1-2-31-25(30)23-12-17(14-28-29-23)19-7-5-8-20(19)21-13-18(26)10-11-24(21)32-15-16-6-3-4-9-22(16)27/h3-4,6,9-14H,2,5,7-8,15H2,1H3. The number of hydrogen-bond donors (Lipinski definition) is 0. The minimum Gasteiger partial charge on any atom is -0.488 e. The summed E-state index contributed by atoms with van der Waals surface area (Å²) < 4.78 is 25.1. The number of benzene rings is 2. The quantitative estimate of drug-likeness (QED) is 0.404. The Balaban J connectivity index is 1.70. The predicted octanol–water partition coefficient (Wildman–Crippen LogP) is 6.12. The summed E-state index contributed by atoms with van der Waals surface area (Å²) in [5.41, 5.74) is 4.45. The van der Waals surface area contributed by atoms with E-state index in [-0.39, 0.29) is 24.7 Å². The van der Waals surface area contributed by atoms with Crippen molar-refractivity contribution in [1.82, 2.24) is 10.2 Å². The molecule has 0 saturated carbocycles. The summed E-state index contributed by atoms with van der Waals surface area (Å²) >= 11 is 6.31. The van der Waals surface area contributed by atoms with Crippen LogP contribution in [0.4, 0.5) is 4.39 Å². The third kappa shape index (κ3) is 4.81. The van der Waals surface area contributed by atoms with Gasteiger partial charge in [-0.1, -0.05) is 29.8 Å². The van der Waals surface area contributed by atoms with Crippen molar-refractivity contribution in [2.45, 2.75) is 32.8 Å². The van der Waals surface area contributed by atoms with Crippen LogP contribution in [0.15, 0.2) is 54.7 Å². The lowest BCUT2D eigenvalue weighted by Gasteiger charge is -2.15. The number of hydrogen-bond acceptors (Lipinski definition) is 5. The average molecular weight is 453 g/mol. The summed E-state index contributed by atoms with van der Waals surface area (Å²) in [7, 11) is 0. The molecule has 5 nitrogen and oxygen atoms in total. The Bertz CT molecular complexity index is 1180. The molecule has 0 radical (unpaired) electrons. The number of rotatable bonds is 7. The van der Waals surface area contributed by atoms with Crippen molar-refractivity contribution in [1.29, 1.82) is 0 Å². The number of carbonyl (C=O) groups excluding carboxylic acids is 1. The Morgan fingerprint density at radius 1 is 1.12 bits per heavy atom. The van der Waals surface area contributed by atoms with Gasteiger partial charge in [-0.25, -0.2) is 9.18 Å². The second-order valence-corrected chi connectivity index (χ2v) is 7.82. The summed E-state index contributed by atoms with van der Waals surface area (Å²) in [4.78, 5) is 12.1. The van der Waals surface area contributed by atoms with Gasteiger partial charge in [-0.05, 0) is 67.7 Å². The highest BCUT2D eigenvalue weighted by atomic mass is 35.5. The molecule has 164 valence electrons. The number of carbonyl (C=O) groups is 1. The van der Waals surface area contributed by atoms with E-state index in [1.807, 2.05) is 6.07 Å². The highest BCUT2D eigenvalue weighted by Gasteiger charge is 2.22. The van der Waals surface area contributed by atoms with Gasteiger partial charge in [0, 0.05) is 21.7 Å². The minimum absolute atomic E-state index is 0.105. The summed E-state index contributed by atoms with van der Waals surface area (Å²) in [6.07, 6.45) is 4.24. The van der Waals surface area contributed by atoms with Crippen LogP contribution in [-0.4, -0.2) is 22.8 Å². The molecule has 1 aliphatic rings. The molecule has 0 saturated heterocycles. The molecular weight excluding hydrogens is 431 g/mol. The van der Waals surface area contributed by atoms with Crippen molar-refractivity contribution in [3.63, 3.8) is 0 Å². The average Bonchev–Trinajstić information content (AvgIpc) is 3.29. The summed E-state index contributed by atoms with van der Waals surface area (Å²) in [6.45, 7) is 2.12. The second kappa shape index (κ2) is 9.92. The summed E-state index contributed by atoms with van der Waals surface area (Å²) in [6, 6.07) is 13.7. The first kappa shape index (κ1) is 22.0. The lowest BCUT2D eigenvalue weighted by Crippen LogP contribution is -2.08. The molecule has 1 aromatic heterocycles. The third-order valence-electron chi connectivity index (χ3n) is 5.31. The summed E-state index contributed by atoms with van der Waals surface area (Å²) in [5.74, 6) is -0.184. The van der Waals surface area contributed by atoms with E-state index in [2.05, 4.69) is 10.2 Å². The van der Waals surface area contributed by atoms with Crippen molar-refractivity contribution in [2.75, 3.05) is 6.61 Å². The van der Waals surface area contributed by atoms with Gasteiger partial charge in [0.1, 0.15) is 18.2 Å². The highest BCUT2D eigenvalue weighted by molar-refractivity contribution is 6.30. The van der Waals surface area contributed by atoms with Crippen LogP contribution in [0, 0.1) is 5.82 Å². The molecule has 1 heterocycles. The molecule has 0 spiro atoms. The van der Waals surface area contributed by atoms with Gasteiger partial charge in [-0.2, -0.15) is 5.10 Å². The maximum Gasteiger partial charge on any atom is 0.358 e. The maximum atomic E-state index is 14.0. The van der Waals surface area contributed by atoms with Crippen LogP contribution in [0.5, 0.6) is 5.75 Å². The Morgan fingerprint density at radius 3 is 2.75 bits per heavy atom. The number of allylic oxidation sites excluding steroid dienone is 2. The van der Waals surface area contributed by atoms with E-state index >= 15 is 0 Å². The van der Waals surface area contributed by atoms with Crippen molar-refractivity contribution in [2.24, 2.45) is 0 Å². The van der Waals surface area contributed by atoms with E-state index in [0.717, 1.165) is 41.5 Å². The van der Waals surface area contributed by atoms with E-state index in [4.69, 9.17) is 21.1 Å². The highest BCUT2D eigenvalue weighted by Crippen LogP contribution is 2.43. The number of halogens is 2. The number of aromatic nitrogens is 2. The first-order chi connectivity index (χ1) is 15.6. The molecule has 7 heteroatoms. The molecule has 32 heavy (non-hydrogen) atoms. The molecule has 0 N–H and O–H groups in total. The monoisotopic (exact) mass is 452 g/mol. The number of nitrogens with zero attached hydrogens (tertiary/aromatic N) is 2. The predicted molar refractivity (Wildman–Crippen MR) is 121 cm³/mol. The Labute approximate surface area is 190 Å². The lowest BCUT2D eigenvalue weighted by molar-refractivity contribution is 0.0518. The molecule has 0 amide bonds. The first-order valence-electron chi connectivity index (χ1n) is 10.4. The van der Waals surface area contributed by atoms with Crippen LogP contribution >= 0.6 is 11.6 Å². The molecule has 4 rings (SSSR count). The molecular formula is C25H22ClFN2O3. The van der Waals surface area contributed by atoms with Gasteiger partial charge in [-0.15, -0.1) is 5.10 Å². The molecule has 2 aromatic carbocycles. The zero-order valence-corrected chi connectivity index (χ0v) is 18.4. The van der Waals surface area contributed by atoms with Gasteiger partial charge in [-0.3, -0.25) is 0 Å². The fourth-order valence-corrected chi connectivity index (χ4v) is 4.00. The summed E-state index contributed by atoms with van der Waals surface area (Å²) in [5, 5.41) is 8.48. The molecule has 0 bridgehead atoms. The zero-order valence-electron chi connectivity index (χ0n) is 17.6. The van der Waals surface area contributed by atoms with Crippen LogP contribution in [0.3, 0.4) is 0 Å². The molecule has 0 fully saturated rings. The van der Waals surface area contributed by atoms with Crippen molar-refractivity contribution in [3.05, 3.63) is 88.0 Å².